The third-order valence-electron chi connectivity index (χ3n) is 2.69. The maximum Gasteiger partial charge on any atom is 0.163 e. The van der Waals surface area contributed by atoms with Crippen molar-refractivity contribution in [1.82, 2.24) is 0 Å². The van der Waals surface area contributed by atoms with Crippen LogP contribution in [0, 0.1) is 11.6 Å². The fourth-order valence-electron chi connectivity index (χ4n) is 1.57. The van der Waals surface area contributed by atoms with Crippen molar-refractivity contribution in [1.29, 1.82) is 0 Å². The van der Waals surface area contributed by atoms with Crippen LogP contribution in [-0.4, -0.2) is 26.4 Å². The second-order valence-corrected chi connectivity index (χ2v) is 4.29. The molecule has 0 spiro atoms. The molecule has 1 aromatic carbocycles. The summed E-state index contributed by atoms with van der Waals surface area (Å²) in [6.45, 7) is 3.82. The molecule has 1 unspecified atom stereocenters. The summed E-state index contributed by atoms with van der Waals surface area (Å²) >= 11 is 0. The molecule has 0 radical (unpaired) electrons. The smallest absolute Gasteiger partial charge is 0.163 e. The average molecular weight is 273 g/mol. The Morgan fingerprint density at radius 3 is 2.63 bits per heavy atom. The molecule has 0 bridgehead atoms. The highest BCUT2D eigenvalue weighted by atomic mass is 19.2. The lowest BCUT2D eigenvalue weighted by Gasteiger charge is -2.13. The fraction of sp³-hybridized carbons (Fsp3) is 0.571. The number of ether oxygens (including phenoxy) is 2. The van der Waals surface area contributed by atoms with Gasteiger partial charge in [-0.25, -0.2) is 8.78 Å². The molecular formula is C14H21F2NO2. The SMILES string of the molecule is CCCCOCCOCC(N)c1cccc(F)c1F. The van der Waals surface area contributed by atoms with Crippen molar-refractivity contribution in [3.8, 4) is 0 Å². The second kappa shape index (κ2) is 8.96. The van der Waals surface area contributed by atoms with E-state index in [9.17, 15) is 8.78 Å². The zero-order chi connectivity index (χ0) is 14.1. The molecule has 5 heteroatoms. The van der Waals surface area contributed by atoms with Crippen LogP contribution in [0.3, 0.4) is 0 Å². The van der Waals surface area contributed by atoms with E-state index in [1.165, 1.54) is 12.1 Å². The van der Waals surface area contributed by atoms with E-state index in [0.717, 1.165) is 18.9 Å². The standard InChI is InChI=1S/C14H21F2NO2/c1-2-3-7-18-8-9-19-10-13(17)11-5-4-6-12(15)14(11)16/h4-6,13H,2-3,7-10,17H2,1H3. The van der Waals surface area contributed by atoms with E-state index in [2.05, 4.69) is 6.92 Å². The largest absolute Gasteiger partial charge is 0.379 e. The Labute approximate surface area is 112 Å². The van der Waals surface area contributed by atoms with Crippen LogP contribution < -0.4 is 5.73 Å². The molecule has 0 fully saturated rings. The second-order valence-electron chi connectivity index (χ2n) is 4.29. The summed E-state index contributed by atoms with van der Waals surface area (Å²) in [5.74, 6) is -1.80. The topological polar surface area (TPSA) is 44.5 Å². The van der Waals surface area contributed by atoms with Gasteiger partial charge in [0.2, 0.25) is 0 Å². The van der Waals surface area contributed by atoms with Gasteiger partial charge >= 0.3 is 0 Å². The number of halogens is 2. The maximum atomic E-state index is 13.4. The number of unbranched alkanes of at least 4 members (excludes halogenated alkanes) is 1. The molecule has 2 N–H and O–H groups in total. The molecule has 0 amide bonds. The van der Waals surface area contributed by atoms with Gasteiger partial charge in [0.15, 0.2) is 11.6 Å². The van der Waals surface area contributed by atoms with Crippen molar-refractivity contribution in [2.75, 3.05) is 26.4 Å². The Morgan fingerprint density at radius 1 is 1.16 bits per heavy atom. The molecule has 0 aliphatic carbocycles. The lowest BCUT2D eigenvalue weighted by Crippen LogP contribution is -2.20. The molecule has 0 saturated carbocycles. The fourth-order valence-corrected chi connectivity index (χ4v) is 1.57. The van der Waals surface area contributed by atoms with E-state index in [4.69, 9.17) is 15.2 Å². The van der Waals surface area contributed by atoms with Gasteiger partial charge in [0.1, 0.15) is 0 Å². The first-order chi connectivity index (χ1) is 9.16. The Bertz CT molecular complexity index is 374. The predicted molar refractivity (Wildman–Crippen MR) is 69.8 cm³/mol. The van der Waals surface area contributed by atoms with Crippen LogP contribution in [0.4, 0.5) is 8.78 Å². The van der Waals surface area contributed by atoms with E-state index >= 15 is 0 Å². The zero-order valence-electron chi connectivity index (χ0n) is 11.2. The van der Waals surface area contributed by atoms with E-state index in [-0.39, 0.29) is 12.2 Å². The molecule has 1 atom stereocenters. The molecule has 3 nitrogen and oxygen atoms in total. The summed E-state index contributed by atoms with van der Waals surface area (Å²) in [5.41, 5.74) is 5.89. The Hall–Kier alpha value is -1.04. The highest BCUT2D eigenvalue weighted by molar-refractivity contribution is 5.22. The summed E-state index contributed by atoms with van der Waals surface area (Å²) in [6.07, 6.45) is 2.11. The molecule has 0 heterocycles. The zero-order valence-corrected chi connectivity index (χ0v) is 11.2. The van der Waals surface area contributed by atoms with Crippen molar-refractivity contribution in [3.05, 3.63) is 35.4 Å². The Balaban J connectivity index is 2.24. The molecule has 0 aliphatic heterocycles. The van der Waals surface area contributed by atoms with Crippen LogP contribution in [0.25, 0.3) is 0 Å². The monoisotopic (exact) mass is 273 g/mol. The molecule has 0 aromatic heterocycles. The quantitative estimate of drug-likeness (QED) is 0.704. The van der Waals surface area contributed by atoms with Crippen molar-refractivity contribution < 1.29 is 18.3 Å². The van der Waals surface area contributed by atoms with Gasteiger partial charge in [-0.1, -0.05) is 25.5 Å². The van der Waals surface area contributed by atoms with Crippen LogP contribution in [0.1, 0.15) is 31.4 Å². The first-order valence-electron chi connectivity index (χ1n) is 6.51. The van der Waals surface area contributed by atoms with Gasteiger partial charge < -0.3 is 15.2 Å². The van der Waals surface area contributed by atoms with Crippen molar-refractivity contribution in [3.63, 3.8) is 0 Å². The molecule has 1 aromatic rings. The minimum atomic E-state index is -0.905. The maximum absolute atomic E-state index is 13.4. The molecule has 0 aliphatic rings. The summed E-state index contributed by atoms with van der Waals surface area (Å²) in [4.78, 5) is 0. The van der Waals surface area contributed by atoms with E-state index < -0.39 is 17.7 Å². The summed E-state index contributed by atoms with van der Waals surface area (Å²) in [6, 6.07) is 3.28. The lowest BCUT2D eigenvalue weighted by molar-refractivity contribution is 0.0413. The molecular weight excluding hydrogens is 252 g/mol. The lowest BCUT2D eigenvalue weighted by atomic mass is 10.1. The first kappa shape index (κ1) is 16.0. The third-order valence-corrected chi connectivity index (χ3v) is 2.69. The highest BCUT2D eigenvalue weighted by Gasteiger charge is 2.14. The van der Waals surface area contributed by atoms with Gasteiger partial charge in [-0.05, 0) is 12.5 Å². The van der Waals surface area contributed by atoms with Crippen molar-refractivity contribution in [2.45, 2.75) is 25.8 Å². The predicted octanol–water partition coefficient (Wildman–Crippen LogP) is 2.80. The van der Waals surface area contributed by atoms with E-state index in [1.54, 1.807) is 0 Å². The Kier molecular flexibility index (Phi) is 7.55. The van der Waals surface area contributed by atoms with Gasteiger partial charge in [-0.3, -0.25) is 0 Å². The molecule has 1 rings (SSSR count). The Morgan fingerprint density at radius 2 is 1.89 bits per heavy atom. The van der Waals surface area contributed by atoms with Gasteiger partial charge in [0, 0.05) is 12.2 Å². The normalized spacial score (nSPS) is 12.6. The van der Waals surface area contributed by atoms with Crippen LogP contribution in [0.2, 0.25) is 0 Å². The van der Waals surface area contributed by atoms with Crippen LogP contribution in [0.5, 0.6) is 0 Å². The van der Waals surface area contributed by atoms with Gasteiger partial charge in [0.05, 0.1) is 25.9 Å². The average Bonchev–Trinajstić information content (AvgIpc) is 2.40. The van der Waals surface area contributed by atoms with Crippen LogP contribution in [0.15, 0.2) is 18.2 Å². The van der Waals surface area contributed by atoms with Crippen LogP contribution in [-0.2, 0) is 9.47 Å². The number of rotatable bonds is 9. The van der Waals surface area contributed by atoms with Gasteiger partial charge in [-0.15, -0.1) is 0 Å². The highest BCUT2D eigenvalue weighted by Crippen LogP contribution is 2.17. The minimum absolute atomic E-state index is 0.131. The number of hydrogen-bond donors (Lipinski definition) is 1. The number of nitrogens with two attached hydrogens (primary N) is 1. The first-order valence-corrected chi connectivity index (χ1v) is 6.51. The summed E-state index contributed by atoms with van der Waals surface area (Å²) in [7, 11) is 0. The van der Waals surface area contributed by atoms with Crippen molar-refractivity contribution in [2.24, 2.45) is 5.73 Å². The summed E-state index contributed by atoms with van der Waals surface area (Å²) in [5, 5.41) is 0. The van der Waals surface area contributed by atoms with Gasteiger partial charge in [0.25, 0.3) is 0 Å². The van der Waals surface area contributed by atoms with Crippen LogP contribution >= 0.6 is 0 Å². The molecule has 0 saturated heterocycles. The summed E-state index contributed by atoms with van der Waals surface area (Å²) < 4.78 is 37.0. The van der Waals surface area contributed by atoms with Crippen molar-refractivity contribution >= 4 is 0 Å². The third kappa shape index (κ3) is 5.63. The molecule has 108 valence electrons. The molecule has 19 heavy (non-hydrogen) atoms. The van der Waals surface area contributed by atoms with E-state index in [0.29, 0.717) is 19.8 Å². The minimum Gasteiger partial charge on any atom is -0.379 e. The number of hydrogen-bond acceptors (Lipinski definition) is 3. The van der Waals surface area contributed by atoms with Gasteiger partial charge in [-0.2, -0.15) is 0 Å². The number of benzene rings is 1. The van der Waals surface area contributed by atoms with E-state index in [1.807, 2.05) is 0 Å².